The van der Waals surface area contributed by atoms with Gasteiger partial charge in [0.25, 0.3) is 0 Å². The van der Waals surface area contributed by atoms with Crippen LogP contribution in [-0.4, -0.2) is 24.1 Å². The van der Waals surface area contributed by atoms with Gasteiger partial charge in [-0.15, -0.1) is 0 Å². The maximum Gasteiger partial charge on any atom is 0.238 e. The molecular formula is C14H15ClN3O+. The molecule has 0 aliphatic carbocycles. The number of aliphatic hydroxyl groups is 1. The summed E-state index contributed by atoms with van der Waals surface area (Å²) in [6.07, 6.45) is 4.86. The Morgan fingerprint density at radius 3 is 2.68 bits per heavy atom. The van der Waals surface area contributed by atoms with Gasteiger partial charge < -0.3 is 5.11 Å². The molecular weight excluding hydrogens is 262 g/mol. The maximum atomic E-state index is 9.50. The van der Waals surface area contributed by atoms with Crippen LogP contribution in [0.2, 0.25) is 5.02 Å². The summed E-state index contributed by atoms with van der Waals surface area (Å²) >= 11 is 5.91. The van der Waals surface area contributed by atoms with Gasteiger partial charge in [-0.05, 0) is 12.1 Å². The lowest BCUT2D eigenvalue weighted by Gasteiger charge is -2.31. The minimum Gasteiger partial charge on any atom is -0.384 e. The molecule has 0 spiro atoms. The van der Waals surface area contributed by atoms with Crippen LogP contribution in [0.1, 0.15) is 12.8 Å². The number of quaternary nitrogens is 1. The summed E-state index contributed by atoms with van der Waals surface area (Å²) in [4.78, 5) is 4.23. The second-order valence-corrected chi connectivity index (χ2v) is 4.77. The predicted octanol–water partition coefficient (Wildman–Crippen LogP) is 2.83. The Hall–Kier alpha value is -1.67. The summed E-state index contributed by atoms with van der Waals surface area (Å²) in [5, 5.41) is 18.8. The number of aliphatic hydroxyl groups excluding tert-OH is 1. The van der Waals surface area contributed by atoms with E-state index in [0.717, 1.165) is 12.1 Å². The first-order valence-electron chi connectivity index (χ1n) is 6.09. The molecule has 0 saturated carbocycles. The van der Waals surface area contributed by atoms with Gasteiger partial charge in [-0.25, -0.2) is 9.48 Å². The van der Waals surface area contributed by atoms with E-state index < -0.39 is 0 Å². The summed E-state index contributed by atoms with van der Waals surface area (Å²) < 4.78 is 0.370. The molecule has 1 unspecified atom stereocenters. The Labute approximate surface area is 117 Å². The SMILES string of the molecule is N#CCCC[N+]1(c2ccc(Cl)cc2)C=CN=C1CO. The maximum absolute atomic E-state index is 9.50. The van der Waals surface area contributed by atoms with Gasteiger partial charge in [0, 0.05) is 30.0 Å². The fourth-order valence-corrected chi connectivity index (χ4v) is 2.40. The number of benzene rings is 1. The Morgan fingerprint density at radius 1 is 1.32 bits per heavy atom. The van der Waals surface area contributed by atoms with Crippen molar-refractivity contribution in [3.63, 3.8) is 0 Å². The molecule has 0 radical (unpaired) electrons. The van der Waals surface area contributed by atoms with Crippen molar-refractivity contribution in [1.82, 2.24) is 4.48 Å². The Bertz CT molecular complexity index is 545. The van der Waals surface area contributed by atoms with Crippen molar-refractivity contribution in [2.45, 2.75) is 12.8 Å². The topological polar surface area (TPSA) is 56.4 Å². The van der Waals surface area contributed by atoms with Gasteiger partial charge in [-0.3, -0.25) is 0 Å². The van der Waals surface area contributed by atoms with Crippen molar-refractivity contribution in [2.24, 2.45) is 4.99 Å². The van der Waals surface area contributed by atoms with Crippen LogP contribution in [0, 0.1) is 11.3 Å². The third-order valence-corrected chi connectivity index (χ3v) is 3.49. The van der Waals surface area contributed by atoms with Gasteiger partial charge in [0.2, 0.25) is 5.84 Å². The van der Waals surface area contributed by atoms with E-state index in [1.54, 1.807) is 6.20 Å². The van der Waals surface area contributed by atoms with Crippen molar-refractivity contribution in [2.75, 3.05) is 13.2 Å². The molecule has 0 saturated heterocycles. The molecule has 4 nitrogen and oxygen atoms in total. The zero-order valence-corrected chi connectivity index (χ0v) is 11.2. The van der Waals surface area contributed by atoms with E-state index in [1.165, 1.54) is 0 Å². The third kappa shape index (κ3) is 2.69. The molecule has 0 aromatic heterocycles. The number of nitriles is 1. The number of hydrogen-bond donors (Lipinski definition) is 1. The highest BCUT2D eigenvalue weighted by Crippen LogP contribution is 2.30. The molecule has 2 rings (SSSR count). The molecule has 5 heteroatoms. The highest BCUT2D eigenvalue weighted by molar-refractivity contribution is 6.30. The fourth-order valence-electron chi connectivity index (χ4n) is 2.27. The Balaban J connectivity index is 2.35. The highest BCUT2D eigenvalue weighted by atomic mass is 35.5. The molecule has 19 heavy (non-hydrogen) atoms. The second kappa shape index (κ2) is 5.98. The average Bonchev–Trinajstić information content (AvgIpc) is 2.84. The number of nitrogens with zero attached hydrogens (tertiary/aromatic N) is 3. The number of halogens is 1. The predicted molar refractivity (Wildman–Crippen MR) is 76.6 cm³/mol. The first-order chi connectivity index (χ1) is 9.23. The van der Waals surface area contributed by atoms with Crippen molar-refractivity contribution in [3.8, 4) is 6.07 Å². The van der Waals surface area contributed by atoms with E-state index in [1.807, 2.05) is 30.5 Å². The van der Waals surface area contributed by atoms with Crippen molar-refractivity contribution < 1.29 is 5.11 Å². The van der Waals surface area contributed by atoms with Crippen LogP contribution in [-0.2, 0) is 0 Å². The largest absolute Gasteiger partial charge is 0.384 e. The van der Waals surface area contributed by atoms with Gasteiger partial charge >= 0.3 is 0 Å². The summed E-state index contributed by atoms with van der Waals surface area (Å²) in [6.45, 7) is 0.591. The lowest BCUT2D eigenvalue weighted by atomic mass is 10.2. The van der Waals surface area contributed by atoms with Gasteiger partial charge in [0.15, 0.2) is 0 Å². The van der Waals surface area contributed by atoms with Crippen molar-refractivity contribution in [3.05, 3.63) is 41.7 Å². The van der Waals surface area contributed by atoms with E-state index in [-0.39, 0.29) is 6.61 Å². The molecule has 0 amide bonds. The van der Waals surface area contributed by atoms with Gasteiger partial charge in [0.05, 0.1) is 18.8 Å². The number of unbranched alkanes of at least 4 members (excludes halogenated alkanes) is 1. The second-order valence-electron chi connectivity index (χ2n) is 4.33. The van der Waals surface area contributed by atoms with Crippen LogP contribution < -0.4 is 4.48 Å². The Morgan fingerprint density at radius 2 is 2.05 bits per heavy atom. The molecule has 1 N–H and O–H groups in total. The van der Waals surface area contributed by atoms with Crippen LogP contribution >= 0.6 is 11.6 Å². The van der Waals surface area contributed by atoms with E-state index in [4.69, 9.17) is 16.9 Å². The molecule has 1 aliphatic heterocycles. The van der Waals surface area contributed by atoms with Crippen molar-refractivity contribution in [1.29, 1.82) is 5.26 Å². The smallest absolute Gasteiger partial charge is 0.238 e. The molecule has 1 heterocycles. The van der Waals surface area contributed by atoms with Gasteiger partial charge in [0.1, 0.15) is 18.5 Å². The highest BCUT2D eigenvalue weighted by Gasteiger charge is 2.37. The summed E-state index contributed by atoms with van der Waals surface area (Å²) in [5.41, 5.74) is 0.990. The fraction of sp³-hybridized carbons (Fsp3) is 0.286. The monoisotopic (exact) mass is 276 g/mol. The normalized spacial score (nSPS) is 21.2. The number of amidine groups is 1. The Kier molecular flexibility index (Phi) is 4.33. The minimum absolute atomic E-state index is 0.109. The van der Waals surface area contributed by atoms with Crippen molar-refractivity contribution >= 4 is 23.1 Å². The van der Waals surface area contributed by atoms with E-state index in [0.29, 0.717) is 28.3 Å². The zero-order chi connectivity index (χ0) is 13.7. The summed E-state index contributed by atoms with van der Waals surface area (Å²) in [7, 11) is 0. The minimum atomic E-state index is -0.109. The first kappa shape index (κ1) is 13.8. The van der Waals surface area contributed by atoms with E-state index in [9.17, 15) is 5.11 Å². The number of rotatable bonds is 5. The van der Waals surface area contributed by atoms with E-state index >= 15 is 0 Å². The third-order valence-electron chi connectivity index (χ3n) is 3.23. The van der Waals surface area contributed by atoms with Gasteiger partial charge in [-0.1, -0.05) is 11.6 Å². The molecule has 0 fully saturated rings. The van der Waals surface area contributed by atoms with Crippen LogP contribution in [0.25, 0.3) is 0 Å². The summed E-state index contributed by atoms with van der Waals surface area (Å²) in [6, 6.07) is 9.64. The molecule has 0 bridgehead atoms. The van der Waals surface area contributed by atoms with Crippen LogP contribution in [0.4, 0.5) is 5.69 Å². The lowest BCUT2D eigenvalue weighted by molar-refractivity contribution is 0.338. The molecule has 1 atom stereocenters. The first-order valence-corrected chi connectivity index (χ1v) is 6.47. The van der Waals surface area contributed by atoms with E-state index in [2.05, 4.69) is 11.1 Å². The average molecular weight is 277 g/mol. The van der Waals surface area contributed by atoms with Crippen LogP contribution in [0.5, 0.6) is 0 Å². The van der Waals surface area contributed by atoms with Crippen LogP contribution in [0.3, 0.4) is 0 Å². The molecule has 1 aliphatic rings. The summed E-state index contributed by atoms with van der Waals surface area (Å²) in [5.74, 6) is 0.667. The number of aliphatic imine (C=N–C) groups is 1. The quantitative estimate of drug-likeness (QED) is 0.664. The molecule has 98 valence electrons. The standard InChI is InChI=1S/C14H15ClN3O/c15-12-3-5-13(6-4-12)18(9-2-1-7-16)10-8-17-14(18)11-19/h3-6,8,10,19H,1-2,9,11H2/q+1. The lowest BCUT2D eigenvalue weighted by Crippen LogP contribution is -2.50. The number of hydrogen-bond acceptors (Lipinski definition) is 3. The molecule has 1 aromatic rings. The van der Waals surface area contributed by atoms with Crippen LogP contribution in [0.15, 0.2) is 41.7 Å². The molecule has 1 aromatic carbocycles. The van der Waals surface area contributed by atoms with Gasteiger partial charge in [-0.2, -0.15) is 5.26 Å². The zero-order valence-electron chi connectivity index (χ0n) is 10.5.